The van der Waals surface area contributed by atoms with E-state index < -0.39 is 6.10 Å². The van der Waals surface area contributed by atoms with Crippen molar-refractivity contribution in [3.05, 3.63) is 33.3 Å². The Hall–Kier alpha value is -0.0500. The van der Waals surface area contributed by atoms with Crippen LogP contribution in [0.5, 0.6) is 0 Å². The lowest BCUT2D eigenvalue weighted by molar-refractivity contribution is 0.146. The van der Waals surface area contributed by atoms with E-state index in [1.165, 1.54) is 0 Å². The van der Waals surface area contributed by atoms with E-state index in [4.69, 9.17) is 11.6 Å². The largest absolute Gasteiger partial charge is 0.388 e. The molecule has 0 spiro atoms. The van der Waals surface area contributed by atoms with Gasteiger partial charge in [0.05, 0.1) is 11.1 Å². The monoisotopic (exact) mass is 290 g/mol. The first-order chi connectivity index (χ1) is 7.04. The van der Waals surface area contributed by atoms with Gasteiger partial charge in [0.15, 0.2) is 0 Å². The Kier molecular flexibility index (Phi) is 5.10. The van der Waals surface area contributed by atoms with E-state index in [-0.39, 0.29) is 0 Å². The van der Waals surface area contributed by atoms with Crippen molar-refractivity contribution in [2.45, 2.75) is 32.8 Å². The third kappa shape index (κ3) is 3.78. The van der Waals surface area contributed by atoms with Crippen molar-refractivity contribution in [2.75, 3.05) is 0 Å². The molecule has 0 saturated heterocycles. The van der Waals surface area contributed by atoms with Crippen LogP contribution in [0.25, 0.3) is 0 Å². The van der Waals surface area contributed by atoms with Crippen molar-refractivity contribution < 1.29 is 5.11 Å². The lowest BCUT2D eigenvalue weighted by atomic mass is 9.96. The van der Waals surface area contributed by atoms with Gasteiger partial charge in [-0.3, -0.25) is 0 Å². The van der Waals surface area contributed by atoms with Gasteiger partial charge in [0, 0.05) is 4.47 Å². The fraction of sp³-hybridized carbons (Fsp3) is 0.500. The molecule has 0 bridgehead atoms. The van der Waals surface area contributed by atoms with E-state index in [9.17, 15) is 5.11 Å². The van der Waals surface area contributed by atoms with Crippen molar-refractivity contribution in [3.8, 4) is 0 Å². The Bertz CT molecular complexity index is 327. The molecule has 15 heavy (non-hydrogen) atoms. The van der Waals surface area contributed by atoms with Crippen LogP contribution in [0.1, 0.15) is 38.4 Å². The third-order valence-corrected chi connectivity index (χ3v) is 3.88. The number of hydrogen-bond acceptors (Lipinski definition) is 1. The van der Waals surface area contributed by atoms with Crippen LogP contribution in [0, 0.1) is 5.92 Å². The van der Waals surface area contributed by atoms with Gasteiger partial charge < -0.3 is 5.11 Å². The van der Waals surface area contributed by atoms with Gasteiger partial charge >= 0.3 is 0 Å². The first-order valence-electron chi connectivity index (χ1n) is 5.17. The maximum Gasteiger partial charge on any atom is 0.0793 e. The molecule has 0 radical (unpaired) electrons. The van der Waals surface area contributed by atoms with Crippen LogP contribution in [0.2, 0.25) is 5.02 Å². The van der Waals surface area contributed by atoms with Gasteiger partial charge in [-0.25, -0.2) is 0 Å². The average Bonchev–Trinajstić information content (AvgIpc) is 2.21. The summed E-state index contributed by atoms with van der Waals surface area (Å²) in [5.41, 5.74) is 0.892. The highest BCUT2D eigenvalue weighted by Crippen LogP contribution is 2.29. The lowest BCUT2D eigenvalue weighted by Gasteiger charge is -2.15. The second kappa shape index (κ2) is 5.88. The highest BCUT2D eigenvalue weighted by molar-refractivity contribution is 9.10. The molecule has 0 saturated carbocycles. The predicted molar refractivity (Wildman–Crippen MR) is 68.2 cm³/mol. The second-order valence-electron chi connectivity index (χ2n) is 3.94. The smallest absolute Gasteiger partial charge is 0.0793 e. The standard InChI is InChI=1S/C12H16BrClO/c1-3-8(2)6-12(15)9-4-5-10(13)11(14)7-9/h4-5,7-8,12,15H,3,6H2,1-2H3. The lowest BCUT2D eigenvalue weighted by Crippen LogP contribution is -2.03. The Morgan fingerprint density at radius 1 is 1.47 bits per heavy atom. The summed E-state index contributed by atoms with van der Waals surface area (Å²) in [6.07, 6.45) is 1.46. The van der Waals surface area contributed by atoms with Crippen molar-refractivity contribution in [1.82, 2.24) is 0 Å². The highest BCUT2D eigenvalue weighted by Gasteiger charge is 2.12. The molecule has 0 fully saturated rings. The van der Waals surface area contributed by atoms with Gasteiger partial charge in [0.2, 0.25) is 0 Å². The van der Waals surface area contributed by atoms with E-state index in [1.54, 1.807) is 0 Å². The summed E-state index contributed by atoms with van der Waals surface area (Å²) in [5.74, 6) is 0.530. The molecule has 1 aromatic rings. The van der Waals surface area contributed by atoms with E-state index in [2.05, 4.69) is 29.8 Å². The summed E-state index contributed by atoms with van der Waals surface area (Å²) in [5, 5.41) is 10.6. The number of halogens is 2. The number of rotatable bonds is 4. The minimum absolute atomic E-state index is 0.412. The molecule has 0 heterocycles. The number of aliphatic hydroxyl groups excluding tert-OH is 1. The summed E-state index contributed by atoms with van der Waals surface area (Å²) in [4.78, 5) is 0. The summed E-state index contributed by atoms with van der Waals surface area (Å²) < 4.78 is 0.864. The Labute approximate surface area is 105 Å². The van der Waals surface area contributed by atoms with Crippen LogP contribution in [0.4, 0.5) is 0 Å². The molecule has 0 aromatic heterocycles. The molecule has 84 valence electrons. The molecule has 3 heteroatoms. The first-order valence-corrected chi connectivity index (χ1v) is 6.34. The summed E-state index contributed by atoms with van der Waals surface area (Å²) in [6, 6.07) is 5.60. The van der Waals surface area contributed by atoms with Crippen LogP contribution >= 0.6 is 27.5 Å². The van der Waals surface area contributed by atoms with Gasteiger partial charge in [-0.2, -0.15) is 0 Å². The predicted octanol–water partition coefficient (Wildman–Crippen LogP) is 4.57. The third-order valence-electron chi connectivity index (χ3n) is 2.65. The van der Waals surface area contributed by atoms with Crippen molar-refractivity contribution >= 4 is 27.5 Å². The second-order valence-corrected chi connectivity index (χ2v) is 5.20. The average molecular weight is 292 g/mol. The number of benzene rings is 1. The van der Waals surface area contributed by atoms with Gasteiger partial charge in [-0.1, -0.05) is 37.9 Å². The summed E-state index contributed by atoms with van der Waals surface area (Å²) in [6.45, 7) is 4.27. The molecule has 0 amide bonds. The molecular weight excluding hydrogens is 275 g/mol. The van der Waals surface area contributed by atoms with Crippen LogP contribution in [0.15, 0.2) is 22.7 Å². The minimum atomic E-state index is -0.412. The van der Waals surface area contributed by atoms with Crippen LogP contribution in [0.3, 0.4) is 0 Å². The first kappa shape index (κ1) is 13.0. The summed E-state index contributed by atoms with van der Waals surface area (Å²) >= 11 is 9.30. The Balaban J connectivity index is 2.73. The molecule has 1 N–H and O–H groups in total. The van der Waals surface area contributed by atoms with Crippen LogP contribution in [-0.2, 0) is 0 Å². The van der Waals surface area contributed by atoms with Crippen LogP contribution < -0.4 is 0 Å². The molecular formula is C12H16BrClO. The molecule has 0 aliphatic carbocycles. The normalized spacial score (nSPS) is 15.0. The zero-order chi connectivity index (χ0) is 11.4. The maximum atomic E-state index is 9.96. The van der Waals surface area contributed by atoms with E-state index >= 15 is 0 Å². The zero-order valence-corrected chi connectivity index (χ0v) is 11.3. The topological polar surface area (TPSA) is 20.2 Å². The SMILES string of the molecule is CCC(C)CC(O)c1ccc(Br)c(Cl)c1. The van der Waals surface area contributed by atoms with Gasteiger partial charge in [-0.05, 0) is 46.0 Å². The van der Waals surface area contributed by atoms with Gasteiger partial charge in [-0.15, -0.1) is 0 Å². The van der Waals surface area contributed by atoms with Crippen molar-refractivity contribution in [1.29, 1.82) is 0 Å². The van der Waals surface area contributed by atoms with Crippen LogP contribution in [-0.4, -0.2) is 5.11 Å². The number of hydrogen-bond donors (Lipinski definition) is 1. The van der Waals surface area contributed by atoms with E-state index in [0.29, 0.717) is 10.9 Å². The molecule has 0 aliphatic rings. The number of aliphatic hydroxyl groups is 1. The molecule has 1 nitrogen and oxygen atoms in total. The Morgan fingerprint density at radius 3 is 2.67 bits per heavy atom. The van der Waals surface area contributed by atoms with E-state index in [0.717, 1.165) is 22.9 Å². The maximum absolute atomic E-state index is 9.96. The molecule has 0 aliphatic heterocycles. The Morgan fingerprint density at radius 2 is 2.13 bits per heavy atom. The molecule has 2 atom stereocenters. The van der Waals surface area contributed by atoms with Crippen molar-refractivity contribution in [2.24, 2.45) is 5.92 Å². The quantitative estimate of drug-likeness (QED) is 0.861. The fourth-order valence-electron chi connectivity index (χ4n) is 1.40. The molecule has 1 aromatic carbocycles. The summed E-state index contributed by atoms with van der Waals surface area (Å²) in [7, 11) is 0. The van der Waals surface area contributed by atoms with Crippen molar-refractivity contribution in [3.63, 3.8) is 0 Å². The highest BCUT2D eigenvalue weighted by atomic mass is 79.9. The molecule has 1 rings (SSSR count). The van der Waals surface area contributed by atoms with E-state index in [1.807, 2.05) is 18.2 Å². The fourth-order valence-corrected chi connectivity index (χ4v) is 1.84. The minimum Gasteiger partial charge on any atom is -0.388 e. The molecule has 2 unspecified atom stereocenters. The van der Waals surface area contributed by atoms with Gasteiger partial charge in [0.25, 0.3) is 0 Å². The zero-order valence-electron chi connectivity index (χ0n) is 9.00. The van der Waals surface area contributed by atoms with Gasteiger partial charge in [0.1, 0.15) is 0 Å².